The number of carbonyl (C=O) groups excluding carboxylic acids is 1. The van der Waals surface area contributed by atoms with Crippen LogP contribution in [0.15, 0.2) is 12.1 Å². The fourth-order valence-electron chi connectivity index (χ4n) is 2.07. The maximum atomic E-state index is 12.3. The molecule has 0 spiro atoms. The van der Waals surface area contributed by atoms with Gasteiger partial charge in [-0.25, -0.2) is 0 Å². The summed E-state index contributed by atoms with van der Waals surface area (Å²) in [7, 11) is 0. The number of thiophene rings is 1. The number of carboxylic acids is 1. The van der Waals surface area contributed by atoms with Crippen molar-refractivity contribution in [2.24, 2.45) is 5.92 Å². The first-order valence-corrected chi connectivity index (χ1v) is 7.93. The van der Waals surface area contributed by atoms with Crippen molar-refractivity contribution in [3.05, 3.63) is 21.3 Å². The third kappa shape index (κ3) is 4.21. The molecule has 1 amide bonds. The van der Waals surface area contributed by atoms with Crippen LogP contribution in [0.25, 0.3) is 0 Å². The van der Waals surface area contributed by atoms with Gasteiger partial charge in [-0.3, -0.25) is 9.59 Å². The lowest BCUT2D eigenvalue weighted by atomic mass is 10.1. The van der Waals surface area contributed by atoms with E-state index in [-0.39, 0.29) is 11.9 Å². The molecular formula is C14H18ClNO3S. The van der Waals surface area contributed by atoms with Crippen LogP contribution >= 0.6 is 22.9 Å². The first-order chi connectivity index (χ1) is 9.47. The Morgan fingerprint density at radius 1 is 1.50 bits per heavy atom. The molecule has 4 nitrogen and oxygen atoms in total. The van der Waals surface area contributed by atoms with E-state index in [1.165, 1.54) is 11.3 Å². The van der Waals surface area contributed by atoms with Crippen LogP contribution in [0.1, 0.15) is 31.1 Å². The first-order valence-electron chi connectivity index (χ1n) is 6.74. The average molecular weight is 316 g/mol. The number of aryl methyl sites for hydroxylation is 1. The standard InChI is InChI=1S/C14H18ClNO3S/c1-9(14(18)19)8-16(10-2-3-10)13(17)7-5-11-4-6-12(15)20-11/h4,6,9-10H,2-3,5,7-8H2,1H3,(H,18,19). The Kier molecular flexibility index (Phi) is 5.05. The number of amides is 1. The monoisotopic (exact) mass is 315 g/mol. The number of carbonyl (C=O) groups is 2. The molecule has 0 aromatic carbocycles. The summed E-state index contributed by atoms with van der Waals surface area (Å²) in [4.78, 5) is 26.0. The molecule has 1 heterocycles. The Morgan fingerprint density at radius 3 is 2.70 bits per heavy atom. The van der Waals surface area contributed by atoms with Gasteiger partial charge in [-0.15, -0.1) is 11.3 Å². The smallest absolute Gasteiger partial charge is 0.308 e. The minimum Gasteiger partial charge on any atom is -0.481 e. The molecule has 1 atom stereocenters. The number of halogens is 1. The summed E-state index contributed by atoms with van der Waals surface area (Å²) in [5.41, 5.74) is 0. The van der Waals surface area contributed by atoms with E-state index in [9.17, 15) is 9.59 Å². The molecule has 2 rings (SSSR count). The highest BCUT2D eigenvalue weighted by Gasteiger charge is 2.34. The van der Waals surface area contributed by atoms with Crippen LogP contribution in [0.2, 0.25) is 4.34 Å². The zero-order chi connectivity index (χ0) is 14.7. The van der Waals surface area contributed by atoms with Gasteiger partial charge < -0.3 is 10.0 Å². The maximum absolute atomic E-state index is 12.3. The largest absolute Gasteiger partial charge is 0.481 e. The Morgan fingerprint density at radius 2 is 2.20 bits per heavy atom. The molecule has 1 unspecified atom stereocenters. The van der Waals surface area contributed by atoms with Gasteiger partial charge in [-0.2, -0.15) is 0 Å². The van der Waals surface area contributed by atoms with Gasteiger partial charge in [0.25, 0.3) is 0 Å². The molecule has 1 fully saturated rings. The molecule has 0 saturated heterocycles. The highest BCUT2D eigenvalue weighted by atomic mass is 35.5. The normalized spacial score (nSPS) is 15.9. The fraction of sp³-hybridized carbons (Fsp3) is 0.571. The molecule has 1 aliphatic carbocycles. The van der Waals surface area contributed by atoms with E-state index in [1.807, 2.05) is 12.1 Å². The summed E-state index contributed by atoms with van der Waals surface area (Å²) < 4.78 is 0.728. The van der Waals surface area contributed by atoms with E-state index >= 15 is 0 Å². The molecular weight excluding hydrogens is 298 g/mol. The molecule has 1 aliphatic rings. The minimum atomic E-state index is -0.853. The van der Waals surface area contributed by atoms with E-state index in [4.69, 9.17) is 16.7 Å². The van der Waals surface area contributed by atoms with Crippen molar-refractivity contribution < 1.29 is 14.7 Å². The fourth-order valence-corrected chi connectivity index (χ4v) is 3.16. The Balaban J connectivity index is 1.88. The van der Waals surface area contributed by atoms with Gasteiger partial charge in [0.05, 0.1) is 10.3 Å². The van der Waals surface area contributed by atoms with E-state index in [2.05, 4.69) is 0 Å². The zero-order valence-electron chi connectivity index (χ0n) is 11.3. The van der Waals surface area contributed by atoms with E-state index in [1.54, 1.807) is 11.8 Å². The lowest BCUT2D eigenvalue weighted by molar-refractivity contribution is -0.143. The molecule has 20 heavy (non-hydrogen) atoms. The number of hydrogen-bond donors (Lipinski definition) is 1. The molecule has 0 radical (unpaired) electrons. The second-order valence-corrected chi connectivity index (χ2v) is 7.02. The second-order valence-electron chi connectivity index (χ2n) is 5.22. The van der Waals surface area contributed by atoms with Gasteiger partial charge in [-0.1, -0.05) is 18.5 Å². The second kappa shape index (κ2) is 6.59. The van der Waals surface area contributed by atoms with Crippen molar-refractivity contribution in [1.82, 2.24) is 4.90 Å². The summed E-state index contributed by atoms with van der Waals surface area (Å²) in [6.45, 7) is 1.95. The number of rotatable bonds is 7. The van der Waals surface area contributed by atoms with Crippen molar-refractivity contribution in [1.29, 1.82) is 0 Å². The number of hydrogen-bond acceptors (Lipinski definition) is 3. The molecule has 1 aromatic rings. The van der Waals surface area contributed by atoms with Crippen LogP contribution in [-0.4, -0.2) is 34.5 Å². The lowest BCUT2D eigenvalue weighted by Crippen LogP contribution is -2.38. The minimum absolute atomic E-state index is 0.0464. The van der Waals surface area contributed by atoms with Crippen LogP contribution in [0, 0.1) is 5.92 Å². The van der Waals surface area contributed by atoms with Gasteiger partial charge in [0.15, 0.2) is 0 Å². The Bertz CT molecular complexity index is 498. The van der Waals surface area contributed by atoms with Crippen molar-refractivity contribution in [3.8, 4) is 0 Å². The predicted octanol–water partition coefficient (Wildman–Crippen LogP) is 3.05. The van der Waals surface area contributed by atoms with Crippen LogP contribution < -0.4 is 0 Å². The average Bonchev–Trinajstić information content (AvgIpc) is 3.15. The number of carboxylic acid groups (broad SMARTS) is 1. The Hall–Kier alpha value is -1.07. The summed E-state index contributed by atoms with van der Waals surface area (Å²) in [5.74, 6) is -1.32. The summed E-state index contributed by atoms with van der Waals surface area (Å²) >= 11 is 7.35. The van der Waals surface area contributed by atoms with Crippen LogP contribution in [-0.2, 0) is 16.0 Å². The van der Waals surface area contributed by atoms with E-state index in [0.717, 1.165) is 22.1 Å². The summed E-state index contributed by atoms with van der Waals surface area (Å²) in [6, 6.07) is 4.01. The summed E-state index contributed by atoms with van der Waals surface area (Å²) in [5, 5.41) is 8.97. The van der Waals surface area contributed by atoms with Crippen molar-refractivity contribution in [2.45, 2.75) is 38.6 Å². The first kappa shape index (κ1) is 15.3. The third-order valence-electron chi connectivity index (χ3n) is 3.41. The van der Waals surface area contributed by atoms with Crippen LogP contribution in [0.4, 0.5) is 0 Å². The lowest BCUT2D eigenvalue weighted by Gasteiger charge is -2.24. The van der Waals surface area contributed by atoms with Crippen LogP contribution in [0.5, 0.6) is 0 Å². The van der Waals surface area contributed by atoms with Crippen molar-refractivity contribution in [3.63, 3.8) is 0 Å². The van der Waals surface area contributed by atoms with Crippen molar-refractivity contribution >= 4 is 34.8 Å². The number of nitrogens with zero attached hydrogens (tertiary/aromatic N) is 1. The number of aliphatic carboxylic acids is 1. The molecule has 1 saturated carbocycles. The van der Waals surface area contributed by atoms with E-state index < -0.39 is 11.9 Å². The van der Waals surface area contributed by atoms with Gasteiger partial charge in [-0.05, 0) is 31.4 Å². The van der Waals surface area contributed by atoms with Gasteiger partial charge in [0.1, 0.15) is 0 Å². The van der Waals surface area contributed by atoms with Gasteiger partial charge >= 0.3 is 5.97 Å². The zero-order valence-corrected chi connectivity index (χ0v) is 12.9. The van der Waals surface area contributed by atoms with Crippen LogP contribution in [0.3, 0.4) is 0 Å². The molecule has 0 bridgehead atoms. The predicted molar refractivity (Wildman–Crippen MR) is 79.2 cm³/mol. The molecule has 110 valence electrons. The van der Waals surface area contributed by atoms with Gasteiger partial charge in [0, 0.05) is 23.9 Å². The van der Waals surface area contributed by atoms with E-state index in [0.29, 0.717) is 19.4 Å². The highest BCUT2D eigenvalue weighted by Crippen LogP contribution is 2.29. The SMILES string of the molecule is CC(CN(C(=O)CCc1ccc(Cl)s1)C1CC1)C(=O)O. The third-order valence-corrected chi connectivity index (χ3v) is 4.71. The molecule has 1 N–H and O–H groups in total. The highest BCUT2D eigenvalue weighted by molar-refractivity contribution is 7.16. The topological polar surface area (TPSA) is 57.6 Å². The van der Waals surface area contributed by atoms with Gasteiger partial charge in [0.2, 0.25) is 5.91 Å². The molecule has 0 aliphatic heterocycles. The Labute approximate surface area is 127 Å². The van der Waals surface area contributed by atoms with Crippen molar-refractivity contribution in [2.75, 3.05) is 6.54 Å². The molecule has 1 aromatic heterocycles. The maximum Gasteiger partial charge on any atom is 0.308 e. The summed E-state index contributed by atoms with van der Waals surface area (Å²) in [6.07, 6.45) is 3.06. The molecule has 6 heteroatoms. The quantitative estimate of drug-likeness (QED) is 0.841.